The quantitative estimate of drug-likeness (QED) is 0.782. The van der Waals surface area contributed by atoms with Gasteiger partial charge < -0.3 is 20.1 Å². The molecule has 2 saturated heterocycles. The molecule has 1 atom stereocenters. The fourth-order valence-electron chi connectivity index (χ4n) is 2.72. The van der Waals surface area contributed by atoms with Crippen molar-refractivity contribution in [2.75, 3.05) is 46.1 Å². The second-order valence-electron chi connectivity index (χ2n) is 5.16. The van der Waals surface area contributed by atoms with E-state index in [2.05, 4.69) is 0 Å². The van der Waals surface area contributed by atoms with Gasteiger partial charge >= 0.3 is 0 Å². The summed E-state index contributed by atoms with van der Waals surface area (Å²) in [7, 11) is 0. The van der Waals surface area contributed by atoms with E-state index in [1.807, 2.05) is 4.90 Å². The molecule has 18 heavy (non-hydrogen) atoms. The molecule has 2 fully saturated rings. The van der Waals surface area contributed by atoms with Crippen molar-refractivity contribution in [2.24, 2.45) is 17.6 Å². The zero-order valence-electron chi connectivity index (χ0n) is 11.0. The summed E-state index contributed by atoms with van der Waals surface area (Å²) in [6.07, 6.45) is 3.04. The molecule has 0 bridgehead atoms. The van der Waals surface area contributed by atoms with Gasteiger partial charge in [0.15, 0.2) is 0 Å². The highest BCUT2D eigenvalue weighted by atomic mass is 16.5. The molecule has 0 aromatic rings. The molecule has 104 valence electrons. The lowest BCUT2D eigenvalue weighted by Gasteiger charge is -2.32. The molecular weight excluding hydrogens is 232 g/mol. The van der Waals surface area contributed by atoms with E-state index in [0.717, 1.165) is 32.5 Å². The van der Waals surface area contributed by atoms with Gasteiger partial charge in [0.25, 0.3) is 0 Å². The first-order valence-electron chi connectivity index (χ1n) is 6.95. The molecule has 1 amide bonds. The van der Waals surface area contributed by atoms with E-state index >= 15 is 0 Å². The predicted molar refractivity (Wildman–Crippen MR) is 68.1 cm³/mol. The molecule has 1 unspecified atom stereocenters. The topological polar surface area (TPSA) is 64.8 Å². The first-order valence-corrected chi connectivity index (χ1v) is 6.95. The summed E-state index contributed by atoms with van der Waals surface area (Å²) in [4.78, 5) is 14.3. The van der Waals surface area contributed by atoms with Gasteiger partial charge in [-0.25, -0.2) is 0 Å². The lowest BCUT2D eigenvalue weighted by atomic mass is 9.88. The number of morpholine rings is 1. The maximum absolute atomic E-state index is 12.4. The smallest absolute Gasteiger partial charge is 0.227 e. The Morgan fingerprint density at radius 1 is 1.17 bits per heavy atom. The monoisotopic (exact) mass is 256 g/mol. The van der Waals surface area contributed by atoms with Crippen molar-refractivity contribution in [3.8, 4) is 0 Å². The van der Waals surface area contributed by atoms with E-state index in [1.165, 1.54) is 0 Å². The largest absolute Gasteiger partial charge is 0.381 e. The summed E-state index contributed by atoms with van der Waals surface area (Å²) in [5.41, 5.74) is 5.79. The molecule has 0 saturated carbocycles. The van der Waals surface area contributed by atoms with Gasteiger partial charge in [-0.2, -0.15) is 0 Å². The summed E-state index contributed by atoms with van der Waals surface area (Å²) in [5.74, 6) is 0.788. The van der Waals surface area contributed by atoms with Crippen LogP contribution in [0.25, 0.3) is 0 Å². The third-order valence-corrected chi connectivity index (χ3v) is 3.92. The maximum atomic E-state index is 12.4. The van der Waals surface area contributed by atoms with Gasteiger partial charge in [-0.3, -0.25) is 4.79 Å². The van der Waals surface area contributed by atoms with Crippen molar-refractivity contribution in [3.05, 3.63) is 0 Å². The maximum Gasteiger partial charge on any atom is 0.227 e. The Morgan fingerprint density at radius 2 is 1.78 bits per heavy atom. The predicted octanol–water partition coefficient (Wildman–Crippen LogP) is 0.237. The molecule has 0 aromatic heterocycles. The average molecular weight is 256 g/mol. The Kier molecular flexibility index (Phi) is 5.41. The first-order chi connectivity index (χ1) is 8.81. The minimum Gasteiger partial charge on any atom is -0.381 e. The van der Waals surface area contributed by atoms with Crippen molar-refractivity contribution in [1.82, 2.24) is 4.90 Å². The summed E-state index contributed by atoms with van der Waals surface area (Å²) >= 11 is 0. The summed E-state index contributed by atoms with van der Waals surface area (Å²) in [5, 5.41) is 0. The van der Waals surface area contributed by atoms with Gasteiger partial charge in [0.1, 0.15) is 0 Å². The van der Waals surface area contributed by atoms with Crippen LogP contribution in [0.4, 0.5) is 0 Å². The van der Waals surface area contributed by atoms with Gasteiger partial charge in [-0.05, 0) is 25.2 Å². The minimum absolute atomic E-state index is 0.0220. The SMILES string of the molecule is NCC(CC1CCOCC1)C(=O)N1CCOCC1. The van der Waals surface area contributed by atoms with E-state index in [9.17, 15) is 4.79 Å². The Morgan fingerprint density at radius 3 is 2.39 bits per heavy atom. The Bertz CT molecular complexity index is 261. The lowest BCUT2D eigenvalue weighted by Crippen LogP contribution is -2.46. The molecule has 2 heterocycles. The molecule has 0 radical (unpaired) electrons. The van der Waals surface area contributed by atoms with Crippen LogP contribution in [-0.2, 0) is 14.3 Å². The van der Waals surface area contributed by atoms with Crippen molar-refractivity contribution in [1.29, 1.82) is 0 Å². The van der Waals surface area contributed by atoms with Crippen molar-refractivity contribution >= 4 is 5.91 Å². The minimum atomic E-state index is -0.0220. The fourth-order valence-corrected chi connectivity index (χ4v) is 2.72. The van der Waals surface area contributed by atoms with E-state index in [0.29, 0.717) is 38.8 Å². The van der Waals surface area contributed by atoms with Crippen LogP contribution in [0, 0.1) is 11.8 Å². The van der Waals surface area contributed by atoms with Gasteiger partial charge in [0, 0.05) is 32.8 Å². The van der Waals surface area contributed by atoms with Crippen LogP contribution < -0.4 is 5.73 Å². The van der Waals surface area contributed by atoms with Gasteiger partial charge in [-0.1, -0.05) is 0 Å². The molecule has 0 aliphatic carbocycles. The standard InChI is InChI=1S/C13H24N2O3/c14-10-12(9-11-1-5-17-6-2-11)13(16)15-3-7-18-8-4-15/h11-12H,1-10,14H2. The number of carbonyl (C=O) groups is 1. The zero-order chi connectivity index (χ0) is 12.8. The van der Waals surface area contributed by atoms with Crippen molar-refractivity contribution < 1.29 is 14.3 Å². The highest BCUT2D eigenvalue weighted by Crippen LogP contribution is 2.24. The number of hydrogen-bond donors (Lipinski definition) is 1. The number of ether oxygens (including phenoxy) is 2. The molecule has 2 N–H and O–H groups in total. The van der Waals surface area contributed by atoms with Gasteiger partial charge in [0.05, 0.1) is 19.1 Å². The normalized spacial score (nSPS) is 23.9. The number of nitrogens with two attached hydrogens (primary N) is 1. The first kappa shape index (κ1) is 13.8. The van der Waals surface area contributed by atoms with Crippen LogP contribution in [0.2, 0.25) is 0 Å². The zero-order valence-corrected chi connectivity index (χ0v) is 11.0. The number of nitrogens with zero attached hydrogens (tertiary/aromatic N) is 1. The van der Waals surface area contributed by atoms with Crippen molar-refractivity contribution in [3.63, 3.8) is 0 Å². The van der Waals surface area contributed by atoms with Crippen LogP contribution in [0.1, 0.15) is 19.3 Å². The molecule has 5 heteroatoms. The van der Waals surface area contributed by atoms with E-state index in [1.54, 1.807) is 0 Å². The highest BCUT2D eigenvalue weighted by molar-refractivity contribution is 5.79. The molecule has 2 aliphatic rings. The second kappa shape index (κ2) is 7.07. The molecule has 0 spiro atoms. The summed E-state index contributed by atoms with van der Waals surface area (Å²) in [6, 6.07) is 0. The third kappa shape index (κ3) is 3.67. The van der Waals surface area contributed by atoms with E-state index in [4.69, 9.17) is 15.2 Å². The molecule has 0 aromatic carbocycles. The molecule has 5 nitrogen and oxygen atoms in total. The van der Waals surface area contributed by atoms with Crippen LogP contribution in [-0.4, -0.2) is 56.9 Å². The Balaban J connectivity index is 1.84. The molecular formula is C13H24N2O3. The number of carbonyl (C=O) groups excluding carboxylic acids is 1. The van der Waals surface area contributed by atoms with Gasteiger partial charge in [0.2, 0.25) is 5.91 Å². The number of hydrogen-bond acceptors (Lipinski definition) is 4. The summed E-state index contributed by atoms with van der Waals surface area (Å²) in [6.45, 7) is 4.84. The van der Waals surface area contributed by atoms with Crippen LogP contribution in [0.5, 0.6) is 0 Å². The Hall–Kier alpha value is -0.650. The van der Waals surface area contributed by atoms with Gasteiger partial charge in [-0.15, -0.1) is 0 Å². The Labute approximate surface area is 109 Å². The highest BCUT2D eigenvalue weighted by Gasteiger charge is 2.27. The van der Waals surface area contributed by atoms with Crippen molar-refractivity contribution in [2.45, 2.75) is 19.3 Å². The number of rotatable bonds is 4. The average Bonchev–Trinajstić information content (AvgIpc) is 2.46. The molecule has 2 rings (SSSR count). The van der Waals surface area contributed by atoms with Crippen LogP contribution >= 0.6 is 0 Å². The second-order valence-corrected chi connectivity index (χ2v) is 5.16. The van der Waals surface area contributed by atoms with Crippen LogP contribution in [0.15, 0.2) is 0 Å². The molecule has 2 aliphatic heterocycles. The fraction of sp³-hybridized carbons (Fsp3) is 0.923. The third-order valence-electron chi connectivity index (χ3n) is 3.92. The lowest BCUT2D eigenvalue weighted by molar-refractivity contribution is -0.140. The number of amides is 1. The van der Waals surface area contributed by atoms with E-state index in [-0.39, 0.29) is 11.8 Å². The summed E-state index contributed by atoms with van der Waals surface area (Å²) < 4.78 is 10.6. The van der Waals surface area contributed by atoms with Crippen LogP contribution in [0.3, 0.4) is 0 Å². The van der Waals surface area contributed by atoms with E-state index < -0.39 is 0 Å².